The second kappa shape index (κ2) is 7.12. The van der Waals surface area contributed by atoms with Gasteiger partial charge < -0.3 is 14.5 Å². The Labute approximate surface area is 129 Å². The van der Waals surface area contributed by atoms with Crippen LogP contribution in [0.4, 0.5) is 0 Å². The van der Waals surface area contributed by atoms with Gasteiger partial charge in [0, 0.05) is 6.54 Å². The molecule has 1 aromatic carbocycles. The van der Waals surface area contributed by atoms with Gasteiger partial charge >= 0.3 is 0 Å². The quantitative estimate of drug-likeness (QED) is 0.738. The van der Waals surface area contributed by atoms with Gasteiger partial charge in [0.2, 0.25) is 0 Å². The minimum Gasteiger partial charge on any atom is -0.490 e. The zero-order chi connectivity index (χ0) is 13.7. The highest BCUT2D eigenvalue weighted by Crippen LogP contribution is 2.32. The second-order valence-electron chi connectivity index (χ2n) is 4.09. The van der Waals surface area contributed by atoms with Crippen molar-refractivity contribution < 1.29 is 9.15 Å². The Morgan fingerprint density at radius 3 is 2.58 bits per heavy atom. The number of para-hydroxylation sites is 1. The fourth-order valence-corrected chi connectivity index (χ4v) is 2.91. The molecule has 2 aromatic rings. The second-order valence-corrected chi connectivity index (χ2v) is 5.80. The Hall–Kier alpha value is -0.780. The first-order valence-corrected chi connectivity index (χ1v) is 7.60. The van der Waals surface area contributed by atoms with E-state index in [1.165, 1.54) is 0 Å². The highest BCUT2D eigenvalue weighted by Gasteiger charge is 2.08. The minimum atomic E-state index is 0.182. The summed E-state index contributed by atoms with van der Waals surface area (Å²) in [5.74, 6) is 1.76. The summed E-state index contributed by atoms with van der Waals surface area (Å²) in [4.78, 5) is 0. The number of benzene rings is 1. The maximum atomic E-state index is 5.75. The summed E-state index contributed by atoms with van der Waals surface area (Å²) in [6, 6.07) is 9.91. The summed E-state index contributed by atoms with van der Waals surface area (Å²) in [6.07, 6.45) is 1.68. The van der Waals surface area contributed by atoms with Crippen molar-refractivity contribution in [3.8, 4) is 5.75 Å². The van der Waals surface area contributed by atoms with Crippen LogP contribution >= 0.6 is 31.9 Å². The van der Waals surface area contributed by atoms with E-state index in [2.05, 4.69) is 44.1 Å². The Bertz CT molecular complexity index is 494. The van der Waals surface area contributed by atoms with Crippen LogP contribution in [-0.2, 0) is 0 Å². The van der Waals surface area contributed by atoms with E-state index in [-0.39, 0.29) is 6.04 Å². The van der Waals surface area contributed by atoms with E-state index in [0.717, 1.165) is 27.0 Å². The van der Waals surface area contributed by atoms with Gasteiger partial charge in [0.15, 0.2) is 0 Å². The molecule has 0 saturated carbocycles. The van der Waals surface area contributed by atoms with E-state index in [4.69, 9.17) is 9.15 Å². The van der Waals surface area contributed by atoms with Gasteiger partial charge in [0.1, 0.15) is 18.1 Å². The normalized spacial score (nSPS) is 12.4. The molecule has 0 bridgehead atoms. The van der Waals surface area contributed by atoms with Crippen LogP contribution in [0.5, 0.6) is 5.75 Å². The van der Waals surface area contributed by atoms with E-state index in [0.29, 0.717) is 6.61 Å². The monoisotopic (exact) mass is 387 g/mol. The van der Waals surface area contributed by atoms with E-state index in [9.17, 15) is 0 Å². The summed E-state index contributed by atoms with van der Waals surface area (Å²) >= 11 is 6.94. The van der Waals surface area contributed by atoms with Gasteiger partial charge in [-0.3, -0.25) is 0 Å². The third-order valence-corrected chi connectivity index (χ3v) is 3.94. The first-order valence-electron chi connectivity index (χ1n) is 6.02. The Kier molecular flexibility index (Phi) is 5.48. The van der Waals surface area contributed by atoms with Crippen LogP contribution in [0.3, 0.4) is 0 Å². The summed E-state index contributed by atoms with van der Waals surface area (Å²) in [6.45, 7) is 3.40. The minimum absolute atomic E-state index is 0.182. The van der Waals surface area contributed by atoms with E-state index >= 15 is 0 Å². The zero-order valence-corrected chi connectivity index (χ0v) is 13.7. The van der Waals surface area contributed by atoms with Crippen LogP contribution in [0, 0.1) is 0 Å². The lowest BCUT2D eigenvalue weighted by Crippen LogP contribution is -2.24. The van der Waals surface area contributed by atoms with E-state index in [1.54, 1.807) is 6.26 Å². The maximum absolute atomic E-state index is 5.75. The molecule has 3 nitrogen and oxygen atoms in total. The highest BCUT2D eigenvalue weighted by atomic mass is 79.9. The number of ether oxygens (including phenoxy) is 1. The standard InChI is InChI=1S/C14H15Br2NO2/c1-10(13-6-3-8-18-13)17-7-9-19-14-11(15)4-2-5-12(14)16/h2-6,8,10,17H,7,9H2,1H3. The van der Waals surface area contributed by atoms with Crippen molar-refractivity contribution in [2.75, 3.05) is 13.2 Å². The molecule has 102 valence electrons. The summed E-state index contributed by atoms with van der Waals surface area (Å²) in [5, 5.41) is 3.34. The fraction of sp³-hybridized carbons (Fsp3) is 0.286. The molecular weight excluding hydrogens is 374 g/mol. The average Bonchev–Trinajstić information content (AvgIpc) is 2.91. The SMILES string of the molecule is CC(NCCOc1c(Br)cccc1Br)c1ccco1. The van der Waals surface area contributed by atoms with Crippen molar-refractivity contribution in [1.82, 2.24) is 5.32 Å². The van der Waals surface area contributed by atoms with Crippen molar-refractivity contribution in [3.63, 3.8) is 0 Å². The molecule has 5 heteroatoms. The molecule has 0 fully saturated rings. The lowest BCUT2D eigenvalue weighted by atomic mass is 10.2. The average molecular weight is 389 g/mol. The molecule has 0 amide bonds. The molecule has 0 aliphatic rings. The predicted octanol–water partition coefficient (Wildman–Crippen LogP) is 4.53. The van der Waals surface area contributed by atoms with Gasteiger partial charge in [-0.1, -0.05) is 6.07 Å². The lowest BCUT2D eigenvalue weighted by Gasteiger charge is -2.13. The number of furan rings is 1. The molecule has 1 atom stereocenters. The van der Waals surface area contributed by atoms with Crippen LogP contribution in [0.15, 0.2) is 50.0 Å². The van der Waals surface area contributed by atoms with Gasteiger partial charge in [-0.2, -0.15) is 0 Å². The molecule has 2 rings (SSSR count). The number of halogens is 2. The molecule has 0 aliphatic heterocycles. The largest absolute Gasteiger partial charge is 0.490 e. The topological polar surface area (TPSA) is 34.4 Å². The number of hydrogen-bond acceptors (Lipinski definition) is 3. The maximum Gasteiger partial charge on any atom is 0.147 e. The Morgan fingerprint density at radius 2 is 1.95 bits per heavy atom. The van der Waals surface area contributed by atoms with Crippen molar-refractivity contribution in [1.29, 1.82) is 0 Å². The number of nitrogens with one attached hydrogen (secondary N) is 1. The van der Waals surface area contributed by atoms with Gasteiger partial charge in [-0.15, -0.1) is 0 Å². The van der Waals surface area contributed by atoms with Crippen molar-refractivity contribution in [2.45, 2.75) is 13.0 Å². The molecule has 0 spiro atoms. The first-order chi connectivity index (χ1) is 9.18. The van der Waals surface area contributed by atoms with Crippen LogP contribution < -0.4 is 10.1 Å². The van der Waals surface area contributed by atoms with Crippen LogP contribution in [0.1, 0.15) is 18.7 Å². The molecule has 19 heavy (non-hydrogen) atoms. The Balaban J connectivity index is 1.78. The van der Waals surface area contributed by atoms with E-state index in [1.807, 2.05) is 30.3 Å². The Morgan fingerprint density at radius 1 is 1.21 bits per heavy atom. The summed E-state index contributed by atoms with van der Waals surface area (Å²) in [7, 11) is 0. The van der Waals surface area contributed by atoms with Crippen molar-refractivity contribution >= 4 is 31.9 Å². The predicted molar refractivity (Wildman–Crippen MR) is 82.5 cm³/mol. The molecule has 0 aliphatic carbocycles. The van der Waals surface area contributed by atoms with Crippen molar-refractivity contribution in [3.05, 3.63) is 51.3 Å². The molecule has 1 unspecified atom stereocenters. The molecule has 1 N–H and O–H groups in total. The molecular formula is C14H15Br2NO2. The van der Waals surface area contributed by atoms with Gasteiger partial charge in [0.25, 0.3) is 0 Å². The van der Waals surface area contributed by atoms with Gasteiger partial charge in [-0.25, -0.2) is 0 Å². The molecule has 0 radical (unpaired) electrons. The highest BCUT2D eigenvalue weighted by molar-refractivity contribution is 9.11. The zero-order valence-electron chi connectivity index (χ0n) is 10.5. The summed E-state index contributed by atoms with van der Waals surface area (Å²) < 4.78 is 13.0. The first kappa shape index (κ1) is 14.6. The molecule has 1 heterocycles. The van der Waals surface area contributed by atoms with Crippen molar-refractivity contribution in [2.24, 2.45) is 0 Å². The number of rotatable bonds is 6. The number of hydrogen-bond donors (Lipinski definition) is 1. The van der Waals surface area contributed by atoms with Gasteiger partial charge in [0.05, 0.1) is 21.3 Å². The summed E-state index contributed by atoms with van der Waals surface area (Å²) in [5.41, 5.74) is 0. The van der Waals surface area contributed by atoms with Crippen LogP contribution in [0.25, 0.3) is 0 Å². The molecule has 1 aromatic heterocycles. The third-order valence-electron chi connectivity index (χ3n) is 2.69. The smallest absolute Gasteiger partial charge is 0.147 e. The lowest BCUT2D eigenvalue weighted by molar-refractivity contribution is 0.298. The van der Waals surface area contributed by atoms with Gasteiger partial charge in [-0.05, 0) is 63.0 Å². The van der Waals surface area contributed by atoms with Crippen LogP contribution in [0.2, 0.25) is 0 Å². The van der Waals surface area contributed by atoms with E-state index < -0.39 is 0 Å². The third kappa shape index (κ3) is 4.09. The van der Waals surface area contributed by atoms with Crippen LogP contribution in [-0.4, -0.2) is 13.2 Å². The molecule has 0 saturated heterocycles. The fourth-order valence-electron chi connectivity index (χ4n) is 1.69.